The van der Waals surface area contributed by atoms with Crippen LogP contribution in [0.15, 0.2) is 18.2 Å². The lowest BCUT2D eigenvalue weighted by Gasteiger charge is -1.98. The second kappa shape index (κ2) is 3.21. The summed E-state index contributed by atoms with van der Waals surface area (Å²) in [6.07, 6.45) is 0. The molecule has 0 fully saturated rings. The van der Waals surface area contributed by atoms with Crippen LogP contribution in [0.1, 0.15) is 26.3 Å². The van der Waals surface area contributed by atoms with Gasteiger partial charge in [-0.25, -0.2) is 14.5 Å². The van der Waals surface area contributed by atoms with Crippen LogP contribution in [0.25, 0.3) is 0 Å². The summed E-state index contributed by atoms with van der Waals surface area (Å²) < 4.78 is 4.38. The Labute approximate surface area is 78.8 Å². The monoisotopic (exact) mass is 194 g/mol. The van der Waals surface area contributed by atoms with Crippen molar-refractivity contribution >= 4 is 11.9 Å². The van der Waals surface area contributed by atoms with E-state index in [1.807, 2.05) is 0 Å². The molecule has 0 spiro atoms. The second-order valence-electron chi connectivity index (χ2n) is 2.83. The summed E-state index contributed by atoms with van der Waals surface area (Å²) in [6, 6.07) is 4.50. The molecule has 72 valence electrons. The van der Waals surface area contributed by atoms with E-state index in [-0.39, 0.29) is 17.7 Å². The molecule has 1 N–H and O–H groups in total. The van der Waals surface area contributed by atoms with E-state index in [2.05, 4.69) is 9.62 Å². The van der Waals surface area contributed by atoms with E-state index in [9.17, 15) is 9.59 Å². The van der Waals surface area contributed by atoms with Crippen molar-refractivity contribution in [2.24, 2.45) is 0 Å². The van der Waals surface area contributed by atoms with Crippen LogP contribution in [0.2, 0.25) is 0 Å². The van der Waals surface area contributed by atoms with Gasteiger partial charge in [0, 0.05) is 0 Å². The first-order valence-electron chi connectivity index (χ1n) is 3.88. The van der Waals surface area contributed by atoms with E-state index in [4.69, 9.17) is 5.26 Å². The SMILES string of the molecule is O=C1OC(=O)c2cc(COO)ccc21. The van der Waals surface area contributed by atoms with Crippen LogP contribution >= 0.6 is 0 Å². The van der Waals surface area contributed by atoms with Gasteiger partial charge in [-0.2, -0.15) is 0 Å². The maximum absolute atomic E-state index is 11.1. The molecule has 1 aromatic carbocycles. The second-order valence-corrected chi connectivity index (χ2v) is 2.83. The third kappa shape index (κ3) is 1.28. The molecule has 0 bridgehead atoms. The van der Waals surface area contributed by atoms with Gasteiger partial charge < -0.3 is 4.74 Å². The van der Waals surface area contributed by atoms with Crippen LogP contribution < -0.4 is 0 Å². The Balaban J connectivity index is 2.44. The normalized spacial score (nSPS) is 14.1. The van der Waals surface area contributed by atoms with Gasteiger partial charge in [0.2, 0.25) is 0 Å². The quantitative estimate of drug-likeness (QED) is 0.329. The molecule has 0 amide bonds. The van der Waals surface area contributed by atoms with E-state index < -0.39 is 11.9 Å². The molecule has 0 saturated carbocycles. The third-order valence-electron chi connectivity index (χ3n) is 1.94. The number of ether oxygens (including phenoxy) is 1. The molecule has 1 aliphatic rings. The Kier molecular flexibility index (Phi) is 2.03. The predicted molar refractivity (Wildman–Crippen MR) is 43.6 cm³/mol. The van der Waals surface area contributed by atoms with Crippen LogP contribution in [0.5, 0.6) is 0 Å². The van der Waals surface area contributed by atoms with E-state index >= 15 is 0 Å². The Hall–Kier alpha value is -1.72. The summed E-state index contributed by atoms with van der Waals surface area (Å²) in [5, 5.41) is 8.20. The molecule has 0 saturated heterocycles. The fourth-order valence-electron chi connectivity index (χ4n) is 1.30. The summed E-state index contributed by atoms with van der Waals surface area (Å²) in [7, 11) is 0. The minimum atomic E-state index is -0.662. The van der Waals surface area contributed by atoms with E-state index in [0.717, 1.165) is 0 Å². The maximum Gasteiger partial charge on any atom is 0.346 e. The zero-order valence-electron chi connectivity index (χ0n) is 7.02. The van der Waals surface area contributed by atoms with Crippen molar-refractivity contribution in [3.63, 3.8) is 0 Å². The van der Waals surface area contributed by atoms with Gasteiger partial charge in [-0.15, -0.1) is 0 Å². The number of rotatable bonds is 2. The van der Waals surface area contributed by atoms with Gasteiger partial charge in [-0.3, -0.25) is 5.26 Å². The Morgan fingerprint density at radius 3 is 2.64 bits per heavy atom. The molecule has 1 aromatic rings. The smallest absolute Gasteiger partial charge is 0.346 e. The largest absolute Gasteiger partial charge is 0.386 e. The van der Waals surface area contributed by atoms with Crippen molar-refractivity contribution in [3.05, 3.63) is 34.9 Å². The first-order chi connectivity index (χ1) is 6.72. The predicted octanol–water partition coefficient (Wildman–Crippen LogP) is 0.987. The van der Waals surface area contributed by atoms with Gasteiger partial charge in [-0.05, 0) is 17.7 Å². The Morgan fingerprint density at radius 2 is 1.93 bits per heavy atom. The molecule has 2 rings (SSSR count). The average molecular weight is 194 g/mol. The van der Waals surface area contributed by atoms with Crippen molar-refractivity contribution in [1.82, 2.24) is 0 Å². The number of cyclic esters (lactones) is 2. The van der Waals surface area contributed by atoms with Gasteiger partial charge in [-0.1, -0.05) is 6.07 Å². The van der Waals surface area contributed by atoms with Crippen LogP contribution in [0.3, 0.4) is 0 Å². The summed E-state index contributed by atoms with van der Waals surface area (Å²) in [5.74, 6) is -1.30. The van der Waals surface area contributed by atoms with Gasteiger partial charge in [0.25, 0.3) is 0 Å². The fourth-order valence-corrected chi connectivity index (χ4v) is 1.30. The highest BCUT2D eigenvalue weighted by Crippen LogP contribution is 2.21. The number of esters is 2. The van der Waals surface area contributed by atoms with Gasteiger partial charge in [0.15, 0.2) is 0 Å². The summed E-state index contributed by atoms with van der Waals surface area (Å²) in [6.45, 7) is -0.0330. The van der Waals surface area contributed by atoms with Crippen molar-refractivity contribution in [2.75, 3.05) is 0 Å². The number of hydrogen-bond donors (Lipinski definition) is 1. The molecule has 5 heteroatoms. The fraction of sp³-hybridized carbons (Fsp3) is 0.111. The lowest BCUT2D eigenvalue weighted by atomic mass is 10.1. The molecule has 0 radical (unpaired) electrons. The molecule has 5 nitrogen and oxygen atoms in total. The van der Waals surface area contributed by atoms with Gasteiger partial charge >= 0.3 is 11.9 Å². The number of fused-ring (bicyclic) bond motifs is 1. The highest BCUT2D eigenvalue weighted by Gasteiger charge is 2.29. The molecule has 0 aliphatic carbocycles. The molecule has 1 heterocycles. The van der Waals surface area contributed by atoms with Gasteiger partial charge in [0.05, 0.1) is 11.1 Å². The first-order valence-corrected chi connectivity index (χ1v) is 3.88. The standard InChI is InChI=1S/C9H6O5/c10-8-6-2-1-5(4-13-12)3-7(6)9(11)14-8/h1-3,12H,4H2. The van der Waals surface area contributed by atoms with Crippen molar-refractivity contribution in [2.45, 2.75) is 6.61 Å². The molecular formula is C9H6O5. The van der Waals surface area contributed by atoms with Crippen LogP contribution in [-0.4, -0.2) is 17.2 Å². The molecule has 14 heavy (non-hydrogen) atoms. The Bertz CT molecular complexity index is 410. The highest BCUT2D eigenvalue weighted by molar-refractivity contribution is 6.14. The maximum atomic E-state index is 11.1. The molecule has 1 aliphatic heterocycles. The lowest BCUT2D eigenvalue weighted by molar-refractivity contribution is -0.253. The first kappa shape index (κ1) is 8.86. The molecule has 0 unspecified atom stereocenters. The van der Waals surface area contributed by atoms with Gasteiger partial charge in [0.1, 0.15) is 6.61 Å². The van der Waals surface area contributed by atoms with Crippen molar-refractivity contribution in [3.8, 4) is 0 Å². The number of carbonyl (C=O) groups excluding carboxylic acids is 2. The van der Waals surface area contributed by atoms with Crippen LogP contribution in [0, 0.1) is 0 Å². The van der Waals surface area contributed by atoms with E-state index in [1.54, 1.807) is 6.07 Å². The zero-order valence-corrected chi connectivity index (χ0v) is 7.02. The van der Waals surface area contributed by atoms with Crippen LogP contribution in [0.4, 0.5) is 0 Å². The minimum Gasteiger partial charge on any atom is -0.386 e. The average Bonchev–Trinajstić information content (AvgIpc) is 2.43. The van der Waals surface area contributed by atoms with Crippen molar-refractivity contribution < 1.29 is 24.5 Å². The number of hydrogen-bond acceptors (Lipinski definition) is 5. The van der Waals surface area contributed by atoms with E-state index in [1.165, 1.54) is 12.1 Å². The minimum absolute atomic E-state index is 0.0330. The molecule has 0 atom stereocenters. The Morgan fingerprint density at radius 1 is 1.21 bits per heavy atom. The number of carbonyl (C=O) groups is 2. The summed E-state index contributed by atoms with van der Waals surface area (Å²) in [5.41, 5.74) is 1.05. The summed E-state index contributed by atoms with van der Waals surface area (Å²) >= 11 is 0. The highest BCUT2D eigenvalue weighted by atomic mass is 17.1. The lowest BCUT2D eigenvalue weighted by Crippen LogP contribution is -1.97. The third-order valence-corrected chi connectivity index (χ3v) is 1.94. The zero-order chi connectivity index (χ0) is 10.1. The molecule has 0 aromatic heterocycles. The summed E-state index contributed by atoms with van der Waals surface area (Å²) in [4.78, 5) is 26.0. The van der Waals surface area contributed by atoms with Crippen molar-refractivity contribution in [1.29, 1.82) is 0 Å². The number of benzene rings is 1. The molecular weight excluding hydrogens is 188 g/mol. The van der Waals surface area contributed by atoms with Crippen LogP contribution in [-0.2, 0) is 16.2 Å². The van der Waals surface area contributed by atoms with E-state index in [0.29, 0.717) is 5.56 Å². The topological polar surface area (TPSA) is 72.8 Å².